The Labute approximate surface area is 183 Å². The zero-order chi connectivity index (χ0) is 22.1. The molecule has 8 heteroatoms. The van der Waals surface area contributed by atoms with Crippen molar-refractivity contribution < 1.29 is 22.7 Å². The third kappa shape index (κ3) is 7.03. The van der Waals surface area contributed by atoms with Crippen LogP contribution < -0.4 is 19.5 Å². The van der Waals surface area contributed by atoms with E-state index in [4.69, 9.17) is 9.47 Å². The highest BCUT2D eigenvalue weighted by atomic mass is 32.2. The molecule has 0 saturated carbocycles. The first-order valence-electron chi connectivity index (χ1n) is 10.3. The van der Waals surface area contributed by atoms with Gasteiger partial charge in [0.15, 0.2) is 6.61 Å². The van der Waals surface area contributed by atoms with Crippen molar-refractivity contribution in [2.45, 2.75) is 37.0 Å². The van der Waals surface area contributed by atoms with Crippen LogP contribution in [-0.4, -0.2) is 34.6 Å². The van der Waals surface area contributed by atoms with E-state index in [2.05, 4.69) is 16.1 Å². The van der Waals surface area contributed by atoms with Gasteiger partial charge in [0.1, 0.15) is 11.5 Å². The number of hydrogen-bond acceptors (Lipinski definition) is 5. The van der Waals surface area contributed by atoms with Crippen molar-refractivity contribution in [1.29, 1.82) is 0 Å². The molecule has 1 aliphatic rings. The standard InChI is InChI=1S/C23H28N2O5S/c1-29-20-9-7-19(8-10-20)25-31(27,28)22-13-11-21(12-14-22)30-17-23(26)24-16-15-18-5-3-2-4-6-18/h5,7-14,25H,2-4,6,15-17H2,1H3,(H,24,26). The highest BCUT2D eigenvalue weighted by Gasteiger charge is 2.14. The van der Waals surface area contributed by atoms with Gasteiger partial charge in [0.2, 0.25) is 0 Å². The van der Waals surface area contributed by atoms with Gasteiger partial charge in [0, 0.05) is 12.2 Å². The first-order chi connectivity index (χ1) is 15.0. The predicted octanol–water partition coefficient (Wildman–Crippen LogP) is 3.88. The van der Waals surface area contributed by atoms with Crippen LogP contribution in [0.2, 0.25) is 0 Å². The lowest BCUT2D eigenvalue weighted by Gasteiger charge is -2.13. The zero-order valence-electron chi connectivity index (χ0n) is 17.6. The molecule has 3 rings (SSSR count). The molecule has 0 bridgehead atoms. The topological polar surface area (TPSA) is 93.7 Å². The zero-order valence-corrected chi connectivity index (χ0v) is 18.4. The maximum absolute atomic E-state index is 12.5. The molecule has 0 atom stereocenters. The summed E-state index contributed by atoms with van der Waals surface area (Å²) in [7, 11) is -2.19. The van der Waals surface area contributed by atoms with Gasteiger partial charge in [-0.15, -0.1) is 0 Å². The summed E-state index contributed by atoms with van der Waals surface area (Å²) in [5.41, 5.74) is 1.84. The Kier molecular flexibility index (Phi) is 7.94. The number of methoxy groups -OCH3 is 1. The van der Waals surface area contributed by atoms with Crippen molar-refractivity contribution in [1.82, 2.24) is 5.32 Å². The maximum atomic E-state index is 12.5. The number of carbonyl (C=O) groups is 1. The molecule has 0 spiro atoms. The fourth-order valence-corrected chi connectivity index (χ4v) is 4.34. The Balaban J connectivity index is 1.46. The lowest BCUT2D eigenvalue weighted by molar-refractivity contribution is -0.123. The Morgan fingerprint density at radius 1 is 1.00 bits per heavy atom. The number of hydrogen-bond donors (Lipinski definition) is 2. The van der Waals surface area contributed by atoms with Crippen molar-refractivity contribution in [3.05, 3.63) is 60.2 Å². The molecular formula is C23H28N2O5S. The van der Waals surface area contributed by atoms with Crippen molar-refractivity contribution in [3.63, 3.8) is 0 Å². The maximum Gasteiger partial charge on any atom is 0.261 e. The van der Waals surface area contributed by atoms with Crippen molar-refractivity contribution in [3.8, 4) is 11.5 Å². The van der Waals surface area contributed by atoms with Crippen LogP contribution in [0.1, 0.15) is 32.1 Å². The number of amides is 1. The molecule has 1 aliphatic carbocycles. The molecule has 0 heterocycles. The lowest BCUT2D eigenvalue weighted by Crippen LogP contribution is -2.30. The van der Waals surface area contributed by atoms with Crippen molar-refractivity contribution >= 4 is 21.6 Å². The fourth-order valence-electron chi connectivity index (χ4n) is 3.28. The predicted molar refractivity (Wildman–Crippen MR) is 120 cm³/mol. The van der Waals surface area contributed by atoms with Crippen LogP contribution in [0.3, 0.4) is 0 Å². The molecule has 0 saturated heterocycles. The minimum atomic E-state index is -3.73. The van der Waals surface area contributed by atoms with Crippen LogP contribution in [-0.2, 0) is 14.8 Å². The van der Waals surface area contributed by atoms with E-state index in [-0.39, 0.29) is 17.4 Å². The Bertz CT molecular complexity index is 999. The second-order valence-electron chi connectivity index (χ2n) is 7.30. The Morgan fingerprint density at radius 3 is 2.35 bits per heavy atom. The summed E-state index contributed by atoms with van der Waals surface area (Å²) in [4.78, 5) is 12.1. The largest absolute Gasteiger partial charge is 0.497 e. The first kappa shape index (κ1) is 22.7. The summed E-state index contributed by atoms with van der Waals surface area (Å²) in [6.07, 6.45) is 7.87. The van der Waals surface area contributed by atoms with E-state index >= 15 is 0 Å². The highest BCUT2D eigenvalue weighted by Crippen LogP contribution is 2.21. The van der Waals surface area contributed by atoms with Gasteiger partial charge in [-0.05, 0) is 80.6 Å². The van der Waals surface area contributed by atoms with E-state index < -0.39 is 10.0 Å². The molecule has 0 radical (unpaired) electrons. The molecule has 7 nitrogen and oxygen atoms in total. The fraction of sp³-hybridized carbons (Fsp3) is 0.348. The van der Waals surface area contributed by atoms with Crippen molar-refractivity contribution in [2.75, 3.05) is 25.0 Å². The molecule has 2 aromatic carbocycles. The van der Waals surface area contributed by atoms with Crippen molar-refractivity contribution in [2.24, 2.45) is 0 Å². The van der Waals surface area contributed by atoms with E-state index in [1.165, 1.54) is 42.7 Å². The highest BCUT2D eigenvalue weighted by molar-refractivity contribution is 7.92. The Morgan fingerprint density at radius 2 is 1.71 bits per heavy atom. The van der Waals surface area contributed by atoms with Gasteiger partial charge in [0.05, 0.1) is 12.0 Å². The minimum Gasteiger partial charge on any atom is -0.497 e. The van der Waals surface area contributed by atoms with Gasteiger partial charge in [0.25, 0.3) is 15.9 Å². The molecule has 2 aromatic rings. The van der Waals surface area contributed by atoms with Gasteiger partial charge < -0.3 is 14.8 Å². The number of benzene rings is 2. The SMILES string of the molecule is COc1ccc(NS(=O)(=O)c2ccc(OCC(=O)NCCC3=CCCCC3)cc2)cc1. The number of sulfonamides is 1. The van der Waals surface area contributed by atoms with Crippen LogP contribution in [0.4, 0.5) is 5.69 Å². The first-order valence-corrected chi connectivity index (χ1v) is 11.8. The summed E-state index contributed by atoms with van der Waals surface area (Å²) in [6.45, 7) is 0.484. The van der Waals surface area contributed by atoms with E-state index in [1.807, 2.05) is 0 Å². The normalized spacial score (nSPS) is 13.8. The molecule has 0 aliphatic heterocycles. The molecule has 31 heavy (non-hydrogen) atoms. The monoisotopic (exact) mass is 444 g/mol. The number of allylic oxidation sites excluding steroid dienone is 1. The van der Waals surface area contributed by atoms with Gasteiger partial charge in [-0.2, -0.15) is 0 Å². The summed E-state index contributed by atoms with van der Waals surface area (Å²) in [5.74, 6) is 0.863. The molecule has 166 valence electrons. The Hall–Kier alpha value is -3.00. The molecular weight excluding hydrogens is 416 g/mol. The van der Waals surface area contributed by atoms with Gasteiger partial charge in [-0.3, -0.25) is 9.52 Å². The van der Waals surface area contributed by atoms with E-state index in [9.17, 15) is 13.2 Å². The molecule has 2 N–H and O–H groups in total. The molecule has 0 fully saturated rings. The molecule has 1 amide bonds. The summed E-state index contributed by atoms with van der Waals surface area (Å²) < 4.78 is 38.1. The van der Waals surface area contributed by atoms with Crippen LogP contribution in [0, 0.1) is 0 Å². The van der Waals surface area contributed by atoms with Crippen LogP contribution in [0.15, 0.2) is 65.1 Å². The van der Waals surface area contributed by atoms with Gasteiger partial charge >= 0.3 is 0 Å². The van der Waals surface area contributed by atoms with Crippen LogP contribution >= 0.6 is 0 Å². The average Bonchev–Trinajstić information content (AvgIpc) is 2.79. The second kappa shape index (κ2) is 10.9. The number of rotatable bonds is 10. The smallest absolute Gasteiger partial charge is 0.261 e. The van der Waals surface area contributed by atoms with Gasteiger partial charge in [-0.25, -0.2) is 8.42 Å². The third-order valence-corrected chi connectivity index (χ3v) is 6.40. The number of anilines is 1. The van der Waals surface area contributed by atoms with E-state index in [0.717, 1.165) is 19.3 Å². The lowest BCUT2D eigenvalue weighted by atomic mass is 9.97. The number of nitrogens with one attached hydrogen (secondary N) is 2. The second-order valence-corrected chi connectivity index (χ2v) is 8.98. The summed E-state index contributed by atoms with van der Waals surface area (Å²) in [5, 5.41) is 2.85. The third-order valence-electron chi connectivity index (χ3n) is 5.00. The molecule has 0 unspecified atom stereocenters. The minimum absolute atomic E-state index is 0.0980. The number of ether oxygens (including phenoxy) is 2. The summed E-state index contributed by atoms with van der Waals surface area (Å²) >= 11 is 0. The summed E-state index contributed by atoms with van der Waals surface area (Å²) in [6, 6.07) is 12.5. The van der Waals surface area contributed by atoms with Crippen LogP contribution in [0.25, 0.3) is 0 Å². The van der Waals surface area contributed by atoms with E-state index in [0.29, 0.717) is 23.7 Å². The van der Waals surface area contributed by atoms with Crippen LogP contribution in [0.5, 0.6) is 11.5 Å². The average molecular weight is 445 g/mol. The molecule has 0 aromatic heterocycles. The van der Waals surface area contributed by atoms with Gasteiger partial charge in [-0.1, -0.05) is 11.6 Å². The quantitative estimate of drug-likeness (QED) is 0.543. The number of carbonyl (C=O) groups excluding carboxylic acids is 1. The van der Waals surface area contributed by atoms with E-state index in [1.54, 1.807) is 31.4 Å².